The molecule has 0 aliphatic heterocycles. The van der Waals surface area contributed by atoms with Gasteiger partial charge < -0.3 is 10.1 Å². The van der Waals surface area contributed by atoms with Crippen LogP contribution in [-0.4, -0.2) is 50.0 Å². The van der Waals surface area contributed by atoms with Crippen molar-refractivity contribution in [3.05, 3.63) is 18.0 Å². The number of hydrogen-bond acceptors (Lipinski definition) is 5. The Bertz CT molecular complexity index is 457. The van der Waals surface area contributed by atoms with Gasteiger partial charge in [-0.2, -0.15) is 5.10 Å². The molecule has 0 amide bonds. The Balaban J connectivity index is 2.27. The first-order chi connectivity index (χ1) is 9.07. The van der Waals surface area contributed by atoms with Crippen molar-refractivity contribution in [1.29, 1.82) is 0 Å². The second-order valence-corrected chi connectivity index (χ2v) is 6.80. The number of nitrogens with one attached hydrogen (secondary N) is 1. The number of aromatic nitrogens is 2. The fourth-order valence-corrected chi connectivity index (χ4v) is 2.46. The highest BCUT2D eigenvalue weighted by atomic mass is 32.2. The van der Waals surface area contributed by atoms with Crippen LogP contribution in [0.1, 0.15) is 19.0 Å². The van der Waals surface area contributed by atoms with Gasteiger partial charge in [-0.15, -0.1) is 0 Å². The summed E-state index contributed by atoms with van der Waals surface area (Å²) in [4.78, 5) is 0. The van der Waals surface area contributed by atoms with Crippen molar-refractivity contribution in [2.24, 2.45) is 0 Å². The predicted molar refractivity (Wildman–Crippen MR) is 74.8 cm³/mol. The second-order valence-electron chi connectivity index (χ2n) is 4.33. The zero-order valence-corrected chi connectivity index (χ0v) is 12.4. The molecule has 19 heavy (non-hydrogen) atoms. The van der Waals surface area contributed by atoms with Crippen molar-refractivity contribution in [2.75, 3.05) is 31.8 Å². The maximum atomic E-state index is 11.3. The minimum Gasteiger partial charge on any atom is -0.383 e. The highest BCUT2D eigenvalue weighted by Crippen LogP contribution is 1.99. The first kappa shape index (κ1) is 16.1. The van der Waals surface area contributed by atoms with Crippen LogP contribution in [0, 0.1) is 0 Å². The molecule has 1 heterocycles. The Morgan fingerprint density at radius 2 is 2.26 bits per heavy atom. The molecule has 0 aromatic carbocycles. The SMILES string of the molecule is CCS(=O)(=O)CCCn1ccc(CNCCOC)n1. The van der Waals surface area contributed by atoms with Gasteiger partial charge in [0.05, 0.1) is 18.1 Å². The van der Waals surface area contributed by atoms with Crippen molar-refractivity contribution >= 4 is 9.84 Å². The fourth-order valence-electron chi connectivity index (χ4n) is 1.60. The van der Waals surface area contributed by atoms with Gasteiger partial charge in [0.2, 0.25) is 0 Å². The van der Waals surface area contributed by atoms with Crippen LogP contribution in [0.25, 0.3) is 0 Å². The molecule has 7 heteroatoms. The van der Waals surface area contributed by atoms with E-state index in [1.807, 2.05) is 12.3 Å². The molecule has 0 unspecified atom stereocenters. The molecule has 0 radical (unpaired) electrons. The van der Waals surface area contributed by atoms with Gasteiger partial charge in [-0.05, 0) is 12.5 Å². The van der Waals surface area contributed by atoms with Crippen molar-refractivity contribution in [3.63, 3.8) is 0 Å². The van der Waals surface area contributed by atoms with E-state index in [1.54, 1.807) is 18.7 Å². The lowest BCUT2D eigenvalue weighted by Crippen LogP contribution is -2.19. The highest BCUT2D eigenvalue weighted by molar-refractivity contribution is 7.91. The summed E-state index contributed by atoms with van der Waals surface area (Å²) in [6, 6.07) is 1.94. The first-order valence-corrected chi connectivity index (χ1v) is 8.32. The molecule has 1 aromatic rings. The van der Waals surface area contributed by atoms with Crippen LogP contribution in [0.2, 0.25) is 0 Å². The highest BCUT2D eigenvalue weighted by Gasteiger charge is 2.07. The summed E-state index contributed by atoms with van der Waals surface area (Å²) in [5, 5.41) is 7.58. The van der Waals surface area contributed by atoms with Crippen LogP contribution in [0.5, 0.6) is 0 Å². The van der Waals surface area contributed by atoms with Gasteiger partial charge in [-0.25, -0.2) is 8.42 Å². The van der Waals surface area contributed by atoms with Crippen LogP contribution in [-0.2, 0) is 27.7 Å². The Kier molecular flexibility index (Phi) is 7.04. The molecule has 0 aliphatic carbocycles. The molecule has 0 aliphatic rings. The Morgan fingerprint density at radius 1 is 1.47 bits per heavy atom. The van der Waals surface area contributed by atoms with Crippen LogP contribution >= 0.6 is 0 Å². The van der Waals surface area contributed by atoms with Crippen molar-refractivity contribution in [2.45, 2.75) is 26.4 Å². The minimum atomic E-state index is -2.87. The van der Waals surface area contributed by atoms with E-state index in [1.165, 1.54) is 0 Å². The molecule has 1 N–H and O–H groups in total. The molecule has 1 rings (SSSR count). The molecule has 0 fully saturated rings. The molecular formula is C12H23N3O3S. The van der Waals surface area contributed by atoms with Gasteiger partial charge >= 0.3 is 0 Å². The normalized spacial score (nSPS) is 11.9. The number of ether oxygens (including phenoxy) is 1. The summed E-state index contributed by atoms with van der Waals surface area (Å²) < 4.78 is 29.4. The molecule has 1 aromatic heterocycles. The third-order valence-corrected chi connectivity index (χ3v) is 4.56. The van der Waals surface area contributed by atoms with Gasteiger partial charge in [0.15, 0.2) is 0 Å². The summed E-state index contributed by atoms with van der Waals surface area (Å²) >= 11 is 0. The molecule has 110 valence electrons. The average Bonchev–Trinajstić information content (AvgIpc) is 2.82. The van der Waals surface area contributed by atoms with Crippen LogP contribution < -0.4 is 5.32 Å². The quantitative estimate of drug-likeness (QED) is 0.633. The Morgan fingerprint density at radius 3 is 2.95 bits per heavy atom. The monoisotopic (exact) mass is 289 g/mol. The van der Waals surface area contributed by atoms with Crippen LogP contribution in [0.3, 0.4) is 0 Å². The predicted octanol–water partition coefficient (Wildman–Crippen LogP) is 0.444. The van der Waals surface area contributed by atoms with Gasteiger partial charge in [-0.3, -0.25) is 4.68 Å². The maximum Gasteiger partial charge on any atom is 0.150 e. The van der Waals surface area contributed by atoms with E-state index in [-0.39, 0.29) is 11.5 Å². The molecule has 0 spiro atoms. The standard InChI is InChI=1S/C12H23N3O3S/c1-3-19(16,17)10-4-7-15-8-5-12(14-15)11-13-6-9-18-2/h5,8,13H,3-4,6-7,9-11H2,1-2H3. The van der Waals surface area contributed by atoms with Crippen molar-refractivity contribution in [1.82, 2.24) is 15.1 Å². The van der Waals surface area contributed by atoms with E-state index in [2.05, 4.69) is 10.4 Å². The van der Waals surface area contributed by atoms with E-state index in [0.717, 1.165) is 12.2 Å². The van der Waals surface area contributed by atoms with Crippen molar-refractivity contribution < 1.29 is 13.2 Å². The summed E-state index contributed by atoms with van der Waals surface area (Å²) in [6.07, 6.45) is 2.49. The zero-order valence-electron chi connectivity index (χ0n) is 11.6. The minimum absolute atomic E-state index is 0.209. The third-order valence-electron chi connectivity index (χ3n) is 2.77. The number of hydrogen-bond donors (Lipinski definition) is 1. The fraction of sp³-hybridized carbons (Fsp3) is 0.750. The van der Waals surface area contributed by atoms with Gasteiger partial charge in [0.25, 0.3) is 0 Å². The van der Waals surface area contributed by atoms with E-state index in [0.29, 0.717) is 26.1 Å². The maximum absolute atomic E-state index is 11.3. The van der Waals surface area contributed by atoms with Crippen molar-refractivity contribution in [3.8, 4) is 0 Å². The molecule has 0 saturated heterocycles. The second kappa shape index (κ2) is 8.29. The largest absolute Gasteiger partial charge is 0.383 e. The lowest BCUT2D eigenvalue weighted by molar-refractivity contribution is 0.199. The lowest BCUT2D eigenvalue weighted by Gasteiger charge is -2.03. The number of rotatable bonds is 10. The lowest BCUT2D eigenvalue weighted by atomic mass is 10.4. The summed E-state index contributed by atoms with van der Waals surface area (Å²) in [6.45, 7) is 4.47. The molecule has 6 nitrogen and oxygen atoms in total. The van der Waals surface area contributed by atoms with Crippen LogP contribution in [0.4, 0.5) is 0 Å². The topological polar surface area (TPSA) is 73.2 Å². The van der Waals surface area contributed by atoms with E-state index >= 15 is 0 Å². The van der Waals surface area contributed by atoms with E-state index in [4.69, 9.17) is 4.74 Å². The van der Waals surface area contributed by atoms with Gasteiger partial charge in [-0.1, -0.05) is 6.92 Å². The van der Waals surface area contributed by atoms with E-state index in [9.17, 15) is 8.42 Å². The smallest absolute Gasteiger partial charge is 0.150 e. The number of sulfone groups is 1. The average molecular weight is 289 g/mol. The van der Waals surface area contributed by atoms with Gasteiger partial charge in [0, 0.05) is 38.7 Å². The van der Waals surface area contributed by atoms with Crippen LogP contribution in [0.15, 0.2) is 12.3 Å². The summed E-state index contributed by atoms with van der Waals surface area (Å²) in [5.41, 5.74) is 0.953. The zero-order chi connectivity index (χ0) is 14.1. The molecule has 0 atom stereocenters. The van der Waals surface area contributed by atoms with E-state index < -0.39 is 9.84 Å². The molecular weight excluding hydrogens is 266 g/mol. The number of nitrogens with zero attached hydrogens (tertiary/aromatic N) is 2. The number of methoxy groups -OCH3 is 1. The molecule has 0 saturated carbocycles. The molecule has 0 bridgehead atoms. The Hall–Kier alpha value is -0.920. The summed E-state index contributed by atoms with van der Waals surface area (Å²) in [5.74, 6) is 0.436. The first-order valence-electron chi connectivity index (χ1n) is 6.50. The summed E-state index contributed by atoms with van der Waals surface area (Å²) in [7, 11) is -1.20. The van der Waals surface area contributed by atoms with Gasteiger partial charge in [0.1, 0.15) is 9.84 Å². The third kappa shape index (κ3) is 6.70. The number of aryl methyl sites for hydroxylation is 1. The Labute approximate surface area is 115 Å².